The molecule has 2 heterocycles. The number of aliphatic hydroxyl groups is 1. The zero-order valence-electron chi connectivity index (χ0n) is 9.71. The van der Waals surface area contributed by atoms with Crippen LogP contribution in [0.15, 0.2) is 23.1 Å². The molecule has 2 aromatic heterocycles. The van der Waals surface area contributed by atoms with Crippen LogP contribution in [0.1, 0.15) is 0 Å². The van der Waals surface area contributed by atoms with E-state index < -0.39 is 18.3 Å². The van der Waals surface area contributed by atoms with Crippen molar-refractivity contribution in [3.8, 4) is 5.88 Å². The zero-order valence-corrected chi connectivity index (χ0v) is 9.71. The Balaban J connectivity index is 2.60. The predicted molar refractivity (Wildman–Crippen MR) is 62.3 cm³/mol. The van der Waals surface area contributed by atoms with E-state index in [4.69, 9.17) is 9.84 Å². The van der Waals surface area contributed by atoms with Gasteiger partial charge in [0.25, 0.3) is 5.56 Å². The third-order valence-corrected chi connectivity index (χ3v) is 2.45. The molecule has 1 N–H and O–H groups in total. The van der Waals surface area contributed by atoms with Gasteiger partial charge in [-0.25, -0.2) is 9.37 Å². The topological polar surface area (TPSA) is 77.2 Å². The number of aliphatic hydroxyl groups excluding tert-OH is 1. The fourth-order valence-electron chi connectivity index (χ4n) is 1.57. The van der Waals surface area contributed by atoms with Gasteiger partial charge in [0.1, 0.15) is 11.7 Å². The Morgan fingerprint density at radius 2 is 2.33 bits per heavy atom. The lowest BCUT2D eigenvalue weighted by molar-refractivity contribution is 0.162. The highest BCUT2D eigenvalue weighted by molar-refractivity contribution is 5.70. The van der Waals surface area contributed by atoms with E-state index in [2.05, 4.69) is 9.97 Å². The summed E-state index contributed by atoms with van der Waals surface area (Å²) in [4.78, 5) is 19.6. The van der Waals surface area contributed by atoms with Gasteiger partial charge in [0.2, 0.25) is 5.88 Å². The number of alkyl halides is 1. The average molecular weight is 253 g/mol. The first kappa shape index (κ1) is 12.4. The highest BCUT2D eigenvalue weighted by atomic mass is 19.1. The number of methoxy groups -OCH3 is 1. The van der Waals surface area contributed by atoms with Gasteiger partial charge in [-0.3, -0.25) is 9.36 Å². The van der Waals surface area contributed by atoms with Gasteiger partial charge in [0.05, 0.1) is 26.5 Å². The van der Waals surface area contributed by atoms with Crippen molar-refractivity contribution in [2.24, 2.45) is 0 Å². The van der Waals surface area contributed by atoms with Crippen LogP contribution in [0.5, 0.6) is 5.88 Å². The van der Waals surface area contributed by atoms with Crippen LogP contribution in [0, 0.1) is 0 Å². The maximum atomic E-state index is 13.2. The molecule has 0 aliphatic carbocycles. The number of nitrogens with zero attached hydrogens (tertiary/aromatic N) is 3. The Labute approximate surface area is 102 Å². The van der Waals surface area contributed by atoms with Crippen LogP contribution in [0.3, 0.4) is 0 Å². The lowest BCUT2D eigenvalue weighted by Crippen LogP contribution is -2.27. The van der Waals surface area contributed by atoms with Crippen LogP contribution in [0.25, 0.3) is 11.2 Å². The zero-order chi connectivity index (χ0) is 13.1. The lowest BCUT2D eigenvalue weighted by Gasteiger charge is -2.11. The number of fused-ring (bicyclic) bond motifs is 1. The van der Waals surface area contributed by atoms with Crippen LogP contribution in [-0.4, -0.2) is 39.5 Å². The molecule has 2 rings (SSSR count). The molecular formula is C11H12FN3O3. The summed E-state index contributed by atoms with van der Waals surface area (Å²) < 4.78 is 19.3. The minimum Gasteiger partial charge on any atom is -0.481 e. The molecule has 18 heavy (non-hydrogen) atoms. The molecule has 7 heteroatoms. The van der Waals surface area contributed by atoms with Crippen molar-refractivity contribution in [1.82, 2.24) is 14.5 Å². The van der Waals surface area contributed by atoms with E-state index >= 15 is 0 Å². The summed E-state index contributed by atoms with van der Waals surface area (Å²) in [6.07, 6.45) is -0.429. The molecule has 0 radical (unpaired) electrons. The van der Waals surface area contributed by atoms with Crippen molar-refractivity contribution < 1.29 is 14.2 Å². The van der Waals surface area contributed by atoms with Gasteiger partial charge in [-0.2, -0.15) is 4.98 Å². The summed E-state index contributed by atoms with van der Waals surface area (Å²) in [5.41, 5.74) is 0.220. The van der Waals surface area contributed by atoms with Crippen molar-refractivity contribution >= 4 is 11.2 Å². The summed E-state index contributed by atoms with van der Waals surface area (Å²) >= 11 is 0. The second-order valence-electron chi connectivity index (χ2n) is 3.68. The molecule has 6 nitrogen and oxygen atoms in total. The molecule has 0 spiro atoms. The standard InChI is InChI=1S/C11H12FN3O3/c1-18-9-3-2-8-11(14-9)15(5-7(12)6-16)10(17)4-13-8/h2-4,7,16H,5-6H2,1H3. The fourth-order valence-corrected chi connectivity index (χ4v) is 1.57. The number of rotatable bonds is 4. The highest BCUT2D eigenvalue weighted by Gasteiger charge is 2.12. The molecule has 0 aromatic carbocycles. The van der Waals surface area contributed by atoms with Gasteiger partial charge in [-0.05, 0) is 6.07 Å². The summed E-state index contributed by atoms with van der Waals surface area (Å²) in [5, 5.41) is 8.71. The Morgan fingerprint density at radius 1 is 1.56 bits per heavy atom. The SMILES string of the molecule is COc1ccc2ncc(=O)n(CC(F)CO)c2n1. The van der Waals surface area contributed by atoms with Gasteiger partial charge in [0, 0.05) is 6.07 Å². The number of aromatic nitrogens is 3. The Kier molecular flexibility index (Phi) is 3.52. The summed E-state index contributed by atoms with van der Waals surface area (Å²) in [6, 6.07) is 3.23. The van der Waals surface area contributed by atoms with Crippen molar-refractivity contribution in [3.05, 3.63) is 28.7 Å². The Hall–Kier alpha value is -2.02. The second kappa shape index (κ2) is 5.09. The second-order valence-corrected chi connectivity index (χ2v) is 3.68. The smallest absolute Gasteiger partial charge is 0.270 e. The van der Waals surface area contributed by atoms with Gasteiger partial charge in [-0.15, -0.1) is 0 Å². The molecule has 0 aliphatic rings. The maximum absolute atomic E-state index is 13.2. The van der Waals surface area contributed by atoms with Crippen molar-refractivity contribution in [3.63, 3.8) is 0 Å². The number of ether oxygens (including phenoxy) is 1. The molecule has 0 amide bonds. The Morgan fingerprint density at radius 3 is 3.00 bits per heavy atom. The van der Waals surface area contributed by atoms with Gasteiger partial charge < -0.3 is 9.84 Å². The number of hydrogen-bond donors (Lipinski definition) is 1. The molecular weight excluding hydrogens is 241 g/mol. The third-order valence-electron chi connectivity index (χ3n) is 2.45. The van der Waals surface area contributed by atoms with Crippen molar-refractivity contribution in [2.75, 3.05) is 13.7 Å². The normalized spacial score (nSPS) is 12.6. The molecule has 1 atom stereocenters. The molecule has 1 unspecified atom stereocenters. The first-order chi connectivity index (χ1) is 8.65. The summed E-state index contributed by atoms with van der Waals surface area (Å²) in [5.74, 6) is 0.308. The quantitative estimate of drug-likeness (QED) is 0.838. The molecule has 0 saturated heterocycles. The molecule has 96 valence electrons. The van der Waals surface area contributed by atoms with Crippen LogP contribution < -0.4 is 10.3 Å². The molecule has 0 saturated carbocycles. The summed E-state index contributed by atoms with van der Waals surface area (Å²) in [7, 11) is 1.44. The number of pyridine rings is 1. The van der Waals surface area contributed by atoms with Crippen LogP contribution in [0.4, 0.5) is 4.39 Å². The van der Waals surface area contributed by atoms with Crippen LogP contribution in [0.2, 0.25) is 0 Å². The van der Waals surface area contributed by atoms with E-state index in [1.54, 1.807) is 12.1 Å². The van der Waals surface area contributed by atoms with E-state index in [0.717, 1.165) is 10.8 Å². The molecule has 0 fully saturated rings. The minimum atomic E-state index is -1.53. The molecule has 0 bridgehead atoms. The molecule has 2 aromatic rings. The first-order valence-electron chi connectivity index (χ1n) is 5.31. The fraction of sp³-hybridized carbons (Fsp3) is 0.364. The van der Waals surface area contributed by atoms with Crippen LogP contribution >= 0.6 is 0 Å². The average Bonchev–Trinajstić information content (AvgIpc) is 2.41. The Bertz CT molecular complexity index is 614. The third kappa shape index (κ3) is 2.30. The monoisotopic (exact) mass is 253 g/mol. The van der Waals surface area contributed by atoms with E-state index in [1.807, 2.05) is 0 Å². The van der Waals surface area contributed by atoms with Gasteiger partial charge in [0.15, 0.2) is 5.65 Å². The largest absolute Gasteiger partial charge is 0.481 e. The van der Waals surface area contributed by atoms with Crippen LogP contribution in [-0.2, 0) is 6.54 Å². The molecule has 0 aliphatic heterocycles. The van der Waals surface area contributed by atoms with Crippen molar-refractivity contribution in [2.45, 2.75) is 12.7 Å². The summed E-state index contributed by atoms with van der Waals surface area (Å²) in [6.45, 7) is -0.922. The predicted octanol–water partition coefficient (Wildman–Crippen LogP) is 0.130. The number of halogens is 1. The number of hydrogen-bond acceptors (Lipinski definition) is 5. The van der Waals surface area contributed by atoms with Gasteiger partial charge >= 0.3 is 0 Å². The van der Waals surface area contributed by atoms with Crippen molar-refractivity contribution in [1.29, 1.82) is 0 Å². The minimum absolute atomic E-state index is 0.234. The highest BCUT2D eigenvalue weighted by Crippen LogP contribution is 2.13. The lowest BCUT2D eigenvalue weighted by atomic mass is 10.3. The van der Waals surface area contributed by atoms with E-state index in [0.29, 0.717) is 11.4 Å². The van der Waals surface area contributed by atoms with E-state index in [9.17, 15) is 9.18 Å². The van der Waals surface area contributed by atoms with E-state index in [-0.39, 0.29) is 12.2 Å². The maximum Gasteiger partial charge on any atom is 0.270 e. The first-order valence-corrected chi connectivity index (χ1v) is 5.31. The van der Waals surface area contributed by atoms with E-state index in [1.165, 1.54) is 7.11 Å². The van der Waals surface area contributed by atoms with Gasteiger partial charge in [-0.1, -0.05) is 0 Å².